The van der Waals surface area contributed by atoms with Gasteiger partial charge in [0.15, 0.2) is 0 Å². The molecule has 18 heavy (non-hydrogen) atoms. The lowest BCUT2D eigenvalue weighted by Gasteiger charge is -2.36. The molecule has 1 heterocycles. The van der Waals surface area contributed by atoms with E-state index >= 15 is 0 Å². The summed E-state index contributed by atoms with van der Waals surface area (Å²) in [7, 11) is 1.64. The Kier molecular flexibility index (Phi) is 6.60. The van der Waals surface area contributed by atoms with E-state index in [4.69, 9.17) is 10.5 Å². The molecule has 106 valence electrons. The summed E-state index contributed by atoms with van der Waals surface area (Å²) in [6.45, 7) is 6.98. The first-order valence-corrected chi connectivity index (χ1v) is 6.83. The Morgan fingerprint density at radius 2 is 2.33 bits per heavy atom. The van der Waals surface area contributed by atoms with Gasteiger partial charge in [-0.25, -0.2) is 0 Å². The van der Waals surface area contributed by atoms with Crippen LogP contribution in [0.4, 0.5) is 0 Å². The van der Waals surface area contributed by atoms with E-state index in [2.05, 4.69) is 17.1 Å². The van der Waals surface area contributed by atoms with Crippen molar-refractivity contribution in [3.05, 3.63) is 0 Å². The van der Waals surface area contributed by atoms with Gasteiger partial charge in [-0.1, -0.05) is 13.3 Å². The molecule has 3 unspecified atom stereocenters. The van der Waals surface area contributed by atoms with Crippen LogP contribution in [0.2, 0.25) is 0 Å². The SMILES string of the molecule is CCC1CN(CC(=O)NC(C)COC)CCC1N. The van der Waals surface area contributed by atoms with E-state index in [1.54, 1.807) is 7.11 Å². The summed E-state index contributed by atoms with van der Waals surface area (Å²) < 4.78 is 5.00. The molecule has 3 N–H and O–H groups in total. The standard InChI is InChI=1S/C13H27N3O2/c1-4-11-7-16(6-5-12(11)14)8-13(17)15-10(2)9-18-3/h10-12H,4-9,14H2,1-3H3,(H,15,17). The molecular weight excluding hydrogens is 230 g/mol. The molecule has 0 aromatic carbocycles. The fourth-order valence-corrected chi connectivity index (χ4v) is 2.52. The number of nitrogens with two attached hydrogens (primary N) is 1. The normalized spacial score (nSPS) is 26.9. The Hall–Kier alpha value is -0.650. The highest BCUT2D eigenvalue weighted by Crippen LogP contribution is 2.17. The predicted octanol–water partition coefficient (Wildman–Crippen LogP) is 0.197. The molecule has 1 rings (SSSR count). The third-order valence-corrected chi connectivity index (χ3v) is 3.59. The molecule has 1 aliphatic heterocycles. The second-order valence-electron chi connectivity index (χ2n) is 5.28. The smallest absolute Gasteiger partial charge is 0.234 e. The average molecular weight is 257 g/mol. The van der Waals surface area contributed by atoms with Crippen LogP contribution in [0.1, 0.15) is 26.7 Å². The number of nitrogens with zero attached hydrogens (tertiary/aromatic N) is 1. The van der Waals surface area contributed by atoms with Gasteiger partial charge in [0, 0.05) is 32.3 Å². The molecule has 5 heteroatoms. The van der Waals surface area contributed by atoms with Crippen molar-refractivity contribution in [2.75, 3.05) is 33.4 Å². The molecule has 1 saturated heterocycles. The summed E-state index contributed by atoms with van der Waals surface area (Å²) in [5.74, 6) is 0.591. The summed E-state index contributed by atoms with van der Waals surface area (Å²) in [6.07, 6.45) is 2.07. The summed E-state index contributed by atoms with van der Waals surface area (Å²) in [4.78, 5) is 14.0. The predicted molar refractivity (Wildman–Crippen MR) is 72.3 cm³/mol. The Bertz CT molecular complexity index is 261. The van der Waals surface area contributed by atoms with Gasteiger partial charge in [0.25, 0.3) is 0 Å². The second-order valence-corrected chi connectivity index (χ2v) is 5.28. The highest BCUT2D eigenvalue weighted by Gasteiger charge is 2.26. The molecule has 0 spiro atoms. The quantitative estimate of drug-likeness (QED) is 0.713. The van der Waals surface area contributed by atoms with E-state index in [-0.39, 0.29) is 11.9 Å². The second kappa shape index (κ2) is 7.71. The van der Waals surface area contributed by atoms with Crippen molar-refractivity contribution in [1.29, 1.82) is 0 Å². The minimum atomic E-state index is 0.0662. The molecule has 1 amide bonds. The highest BCUT2D eigenvalue weighted by atomic mass is 16.5. The number of carbonyl (C=O) groups is 1. The van der Waals surface area contributed by atoms with Crippen molar-refractivity contribution in [1.82, 2.24) is 10.2 Å². The molecule has 0 bridgehead atoms. The fraction of sp³-hybridized carbons (Fsp3) is 0.923. The van der Waals surface area contributed by atoms with E-state index < -0.39 is 0 Å². The molecule has 1 aliphatic rings. The van der Waals surface area contributed by atoms with Gasteiger partial charge in [0.05, 0.1) is 13.2 Å². The molecule has 0 saturated carbocycles. The van der Waals surface area contributed by atoms with E-state index in [1.807, 2.05) is 6.92 Å². The van der Waals surface area contributed by atoms with Gasteiger partial charge in [0.1, 0.15) is 0 Å². The monoisotopic (exact) mass is 257 g/mol. The lowest BCUT2D eigenvalue weighted by molar-refractivity contribution is -0.123. The first kappa shape index (κ1) is 15.4. The number of ether oxygens (including phenoxy) is 1. The molecular formula is C13H27N3O2. The van der Waals surface area contributed by atoms with Crippen LogP contribution in [0, 0.1) is 5.92 Å². The number of amides is 1. The van der Waals surface area contributed by atoms with Crippen LogP contribution >= 0.6 is 0 Å². The van der Waals surface area contributed by atoms with E-state index in [9.17, 15) is 4.79 Å². The first-order valence-electron chi connectivity index (χ1n) is 6.83. The minimum absolute atomic E-state index is 0.0662. The van der Waals surface area contributed by atoms with Gasteiger partial charge in [-0.15, -0.1) is 0 Å². The molecule has 0 radical (unpaired) electrons. The summed E-state index contributed by atoms with van der Waals surface area (Å²) in [5, 5.41) is 2.94. The lowest BCUT2D eigenvalue weighted by Crippen LogP contribution is -2.50. The highest BCUT2D eigenvalue weighted by molar-refractivity contribution is 5.78. The van der Waals surface area contributed by atoms with Crippen molar-refractivity contribution in [2.45, 2.75) is 38.8 Å². The lowest BCUT2D eigenvalue weighted by atomic mass is 9.91. The van der Waals surface area contributed by atoms with Crippen molar-refractivity contribution >= 4 is 5.91 Å². The first-order chi connectivity index (χ1) is 8.56. The molecule has 3 atom stereocenters. The number of nitrogens with one attached hydrogen (secondary N) is 1. The Morgan fingerprint density at radius 1 is 1.61 bits per heavy atom. The summed E-state index contributed by atoms with van der Waals surface area (Å²) in [6, 6.07) is 0.359. The van der Waals surface area contributed by atoms with Gasteiger partial charge >= 0.3 is 0 Å². The molecule has 0 aromatic rings. The number of methoxy groups -OCH3 is 1. The van der Waals surface area contributed by atoms with Crippen LogP contribution in [0.25, 0.3) is 0 Å². The Morgan fingerprint density at radius 3 is 2.94 bits per heavy atom. The number of likely N-dealkylation sites (tertiary alicyclic amines) is 1. The summed E-state index contributed by atoms with van der Waals surface area (Å²) in [5.41, 5.74) is 6.06. The Balaban J connectivity index is 2.31. The zero-order valence-electron chi connectivity index (χ0n) is 11.8. The Labute approximate surface area is 110 Å². The maximum absolute atomic E-state index is 11.8. The largest absolute Gasteiger partial charge is 0.383 e. The van der Waals surface area contributed by atoms with E-state index in [0.29, 0.717) is 25.1 Å². The molecule has 5 nitrogen and oxygen atoms in total. The number of carbonyl (C=O) groups excluding carboxylic acids is 1. The van der Waals surface area contributed by atoms with E-state index in [1.165, 1.54) is 0 Å². The van der Waals surface area contributed by atoms with E-state index in [0.717, 1.165) is 25.9 Å². The van der Waals surface area contributed by atoms with Crippen molar-refractivity contribution in [3.63, 3.8) is 0 Å². The number of piperidine rings is 1. The third-order valence-electron chi connectivity index (χ3n) is 3.59. The molecule has 1 fully saturated rings. The van der Waals surface area contributed by atoms with Gasteiger partial charge < -0.3 is 15.8 Å². The van der Waals surface area contributed by atoms with Crippen molar-refractivity contribution < 1.29 is 9.53 Å². The van der Waals surface area contributed by atoms with Gasteiger partial charge in [0.2, 0.25) is 5.91 Å². The minimum Gasteiger partial charge on any atom is -0.383 e. The zero-order valence-corrected chi connectivity index (χ0v) is 11.8. The maximum atomic E-state index is 11.8. The van der Waals surface area contributed by atoms with Crippen LogP contribution in [-0.2, 0) is 9.53 Å². The number of hydrogen-bond acceptors (Lipinski definition) is 4. The van der Waals surface area contributed by atoms with Crippen LogP contribution in [0.5, 0.6) is 0 Å². The fourth-order valence-electron chi connectivity index (χ4n) is 2.52. The van der Waals surface area contributed by atoms with Crippen LogP contribution in [0.15, 0.2) is 0 Å². The van der Waals surface area contributed by atoms with Crippen molar-refractivity contribution in [3.8, 4) is 0 Å². The molecule has 0 aromatic heterocycles. The maximum Gasteiger partial charge on any atom is 0.234 e. The van der Waals surface area contributed by atoms with Gasteiger partial charge in [-0.3, -0.25) is 9.69 Å². The van der Waals surface area contributed by atoms with Crippen LogP contribution in [0.3, 0.4) is 0 Å². The van der Waals surface area contributed by atoms with Gasteiger partial charge in [-0.2, -0.15) is 0 Å². The zero-order chi connectivity index (χ0) is 13.5. The number of rotatable bonds is 6. The third kappa shape index (κ3) is 4.92. The van der Waals surface area contributed by atoms with Crippen molar-refractivity contribution in [2.24, 2.45) is 11.7 Å². The van der Waals surface area contributed by atoms with Gasteiger partial charge in [-0.05, 0) is 19.3 Å². The van der Waals surface area contributed by atoms with Crippen LogP contribution in [-0.4, -0.2) is 56.2 Å². The van der Waals surface area contributed by atoms with Crippen LogP contribution < -0.4 is 11.1 Å². The number of hydrogen-bond donors (Lipinski definition) is 2. The molecule has 0 aliphatic carbocycles. The topological polar surface area (TPSA) is 67.6 Å². The average Bonchev–Trinajstić information content (AvgIpc) is 2.31. The summed E-state index contributed by atoms with van der Waals surface area (Å²) >= 11 is 0.